The van der Waals surface area contributed by atoms with Crippen molar-refractivity contribution < 1.29 is 9.53 Å². The first-order chi connectivity index (χ1) is 8.90. The first kappa shape index (κ1) is 14.0. The summed E-state index contributed by atoms with van der Waals surface area (Å²) in [5, 5.41) is 0. The molecule has 1 aromatic heterocycles. The lowest BCUT2D eigenvalue weighted by Crippen LogP contribution is -2.41. The molecule has 1 aliphatic heterocycles. The van der Waals surface area contributed by atoms with Gasteiger partial charge < -0.3 is 4.74 Å². The Hall–Kier alpha value is -1.45. The quantitative estimate of drug-likeness (QED) is 0.707. The van der Waals surface area contributed by atoms with E-state index in [9.17, 15) is 4.79 Å². The molecule has 0 fully saturated rings. The summed E-state index contributed by atoms with van der Waals surface area (Å²) in [6.45, 7) is 6.19. The van der Waals surface area contributed by atoms with Crippen LogP contribution in [0.25, 0.3) is 0 Å². The van der Waals surface area contributed by atoms with Gasteiger partial charge in [-0.05, 0) is 44.8 Å². The smallest absolute Gasteiger partial charge is 0.416 e. The third-order valence-electron chi connectivity index (χ3n) is 2.85. The first-order valence-electron chi connectivity index (χ1n) is 6.46. The number of fused-ring (bicyclic) bond motifs is 1. The highest BCUT2D eigenvalue weighted by Gasteiger charge is 2.28. The number of carbonyl (C=O) groups excluding carboxylic acids is 1. The van der Waals surface area contributed by atoms with Crippen molar-refractivity contribution in [3.63, 3.8) is 0 Å². The highest BCUT2D eigenvalue weighted by Crippen LogP contribution is 2.25. The fourth-order valence-electron chi connectivity index (χ4n) is 2.04. The number of carbonyl (C=O) groups is 1. The van der Waals surface area contributed by atoms with Crippen LogP contribution in [0.3, 0.4) is 0 Å². The van der Waals surface area contributed by atoms with Gasteiger partial charge in [-0.2, -0.15) is 0 Å². The Kier molecular flexibility index (Phi) is 3.88. The van der Waals surface area contributed by atoms with Gasteiger partial charge in [0.2, 0.25) is 0 Å². The van der Waals surface area contributed by atoms with E-state index in [0.717, 1.165) is 18.4 Å². The van der Waals surface area contributed by atoms with E-state index in [1.807, 2.05) is 32.9 Å². The molecular weight excluding hydrogens is 238 g/mol. The lowest BCUT2D eigenvalue weighted by atomic mass is 9.53. The lowest BCUT2D eigenvalue weighted by Gasteiger charge is -2.31. The SMILES string of the molecule is [B][B]c1ccc2c(n1)N(C(=O)OC(C)(C)C)CCC2. The summed E-state index contributed by atoms with van der Waals surface area (Å²) >= 11 is 0. The molecule has 2 rings (SSSR count). The van der Waals surface area contributed by atoms with E-state index in [1.165, 1.54) is 7.17 Å². The van der Waals surface area contributed by atoms with Crippen LogP contribution in [0.1, 0.15) is 32.8 Å². The molecule has 0 aliphatic carbocycles. The van der Waals surface area contributed by atoms with Gasteiger partial charge in [-0.15, -0.1) is 0 Å². The van der Waals surface area contributed by atoms with Crippen molar-refractivity contribution >= 4 is 32.4 Å². The zero-order valence-corrected chi connectivity index (χ0v) is 11.6. The van der Waals surface area contributed by atoms with Crippen LogP contribution < -0.4 is 10.5 Å². The van der Waals surface area contributed by atoms with Gasteiger partial charge in [-0.3, -0.25) is 4.90 Å². The molecular formula is C13H17B2N2O2. The number of amides is 1. The Morgan fingerprint density at radius 3 is 2.84 bits per heavy atom. The van der Waals surface area contributed by atoms with E-state index in [2.05, 4.69) is 4.98 Å². The highest BCUT2D eigenvalue weighted by molar-refractivity contribution is 6.97. The van der Waals surface area contributed by atoms with Gasteiger partial charge in [0.1, 0.15) is 18.6 Å². The molecule has 2 heterocycles. The summed E-state index contributed by atoms with van der Waals surface area (Å²) in [4.78, 5) is 18.2. The first-order valence-corrected chi connectivity index (χ1v) is 6.46. The summed E-state index contributed by atoms with van der Waals surface area (Å²) in [7, 11) is 6.92. The summed E-state index contributed by atoms with van der Waals surface area (Å²) < 4.78 is 5.41. The minimum atomic E-state index is -0.508. The molecule has 4 nitrogen and oxygen atoms in total. The van der Waals surface area contributed by atoms with Crippen LogP contribution in [-0.2, 0) is 11.2 Å². The Labute approximate surface area is 116 Å². The molecule has 0 spiro atoms. The predicted molar refractivity (Wildman–Crippen MR) is 77.3 cm³/mol. The van der Waals surface area contributed by atoms with Crippen molar-refractivity contribution in [3.8, 4) is 0 Å². The van der Waals surface area contributed by atoms with E-state index in [4.69, 9.17) is 12.5 Å². The van der Waals surface area contributed by atoms with Crippen LogP contribution in [0, 0.1) is 0 Å². The molecule has 19 heavy (non-hydrogen) atoms. The largest absolute Gasteiger partial charge is 0.443 e. The average molecular weight is 255 g/mol. The van der Waals surface area contributed by atoms with Crippen LogP contribution in [0.4, 0.5) is 10.6 Å². The van der Waals surface area contributed by atoms with E-state index in [0.29, 0.717) is 18.0 Å². The Morgan fingerprint density at radius 1 is 1.47 bits per heavy atom. The van der Waals surface area contributed by atoms with Gasteiger partial charge in [0.05, 0.1) is 0 Å². The molecule has 0 saturated heterocycles. The van der Waals surface area contributed by atoms with Crippen molar-refractivity contribution in [1.82, 2.24) is 4.98 Å². The second-order valence-electron chi connectivity index (χ2n) is 5.62. The maximum Gasteiger partial charge on any atom is 0.416 e. The minimum Gasteiger partial charge on any atom is -0.443 e. The van der Waals surface area contributed by atoms with Gasteiger partial charge in [0.15, 0.2) is 0 Å². The Bertz CT molecular complexity index is 486. The predicted octanol–water partition coefficient (Wildman–Crippen LogP) is 1.18. The summed E-state index contributed by atoms with van der Waals surface area (Å²) in [6.07, 6.45) is 1.49. The highest BCUT2D eigenvalue weighted by atomic mass is 16.6. The second kappa shape index (κ2) is 5.27. The number of nitrogens with zero attached hydrogens (tertiary/aromatic N) is 2. The van der Waals surface area contributed by atoms with Crippen molar-refractivity contribution in [2.75, 3.05) is 11.4 Å². The molecule has 0 saturated carbocycles. The van der Waals surface area contributed by atoms with E-state index >= 15 is 0 Å². The summed E-state index contributed by atoms with van der Waals surface area (Å²) in [6, 6.07) is 3.83. The van der Waals surface area contributed by atoms with E-state index in [-0.39, 0.29) is 6.09 Å². The number of rotatable bonds is 1. The molecule has 0 unspecified atom stereocenters. The lowest BCUT2D eigenvalue weighted by molar-refractivity contribution is 0.0576. The minimum absolute atomic E-state index is 0.352. The van der Waals surface area contributed by atoms with Crippen molar-refractivity contribution in [2.24, 2.45) is 0 Å². The molecule has 1 amide bonds. The molecule has 6 heteroatoms. The molecule has 0 atom stereocenters. The van der Waals surface area contributed by atoms with Gasteiger partial charge in [0, 0.05) is 14.3 Å². The fourth-order valence-corrected chi connectivity index (χ4v) is 2.04. The van der Waals surface area contributed by atoms with E-state index in [1.54, 1.807) is 4.90 Å². The Morgan fingerprint density at radius 2 is 2.21 bits per heavy atom. The van der Waals surface area contributed by atoms with Crippen LogP contribution in [0.5, 0.6) is 0 Å². The van der Waals surface area contributed by atoms with Gasteiger partial charge in [-0.25, -0.2) is 9.78 Å². The monoisotopic (exact) mass is 255 g/mol. The Balaban J connectivity index is 2.28. The van der Waals surface area contributed by atoms with Crippen LogP contribution in [0.15, 0.2) is 12.1 Å². The number of pyridine rings is 1. The van der Waals surface area contributed by atoms with Crippen molar-refractivity contribution in [3.05, 3.63) is 17.7 Å². The third-order valence-corrected chi connectivity index (χ3v) is 2.85. The maximum atomic E-state index is 12.2. The number of hydrogen-bond donors (Lipinski definition) is 0. The molecule has 1 aromatic rings. The zero-order valence-electron chi connectivity index (χ0n) is 11.6. The zero-order chi connectivity index (χ0) is 14.0. The molecule has 0 aromatic carbocycles. The maximum absolute atomic E-state index is 12.2. The number of hydrogen-bond acceptors (Lipinski definition) is 3. The normalized spacial score (nSPS) is 14.8. The summed E-state index contributed by atoms with van der Waals surface area (Å²) in [5.41, 5.74) is 1.21. The standard InChI is InChI=1S/C13H17B2N2O2/c1-13(2,3)19-12(18)17-8-4-5-9-6-7-10(15-14)16-11(9)17/h6-7H,4-5,8H2,1-3H3. The van der Waals surface area contributed by atoms with Crippen molar-refractivity contribution in [2.45, 2.75) is 39.2 Å². The number of aromatic nitrogens is 1. The molecule has 1 aliphatic rings. The third kappa shape index (κ3) is 3.31. The van der Waals surface area contributed by atoms with Gasteiger partial charge in [-0.1, -0.05) is 12.1 Å². The van der Waals surface area contributed by atoms with Crippen molar-refractivity contribution in [1.29, 1.82) is 0 Å². The fraction of sp³-hybridized carbons (Fsp3) is 0.538. The molecule has 97 valence electrons. The average Bonchev–Trinajstić information content (AvgIpc) is 2.35. The number of anilines is 1. The molecule has 3 radical (unpaired) electrons. The van der Waals surface area contributed by atoms with Gasteiger partial charge >= 0.3 is 6.09 Å². The van der Waals surface area contributed by atoms with Gasteiger partial charge in [0.25, 0.3) is 0 Å². The number of aryl methyl sites for hydroxylation is 1. The van der Waals surface area contributed by atoms with Crippen LogP contribution in [0.2, 0.25) is 0 Å². The second-order valence-corrected chi connectivity index (χ2v) is 5.62. The topological polar surface area (TPSA) is 42.4 Å². The van der Waals surface area contributed by atoms with Crippen LogP contribution >= 0.6 is 0 Å². The molecule has 0 N–H and O–H groups in total. The summed E-state index contributed by atoms with van der Waals surface area (Å²) in [5.74, 6) is 0.666. The number of ether oxygens (including phenoxy) is 1. The van der Waals surface area contributed by atoms with E-state index < -0.39 is 5.60 Å². The molecule has 0 bridgehead atoms. The van der Waals surface area contributed by atoms with Crippen LogP contribution in [-0.4, -0.2) is 38.1 Å².